The summed E-state index contributed by atoms with van der Waals surface area (Å²) in [7, 11) is 0. The maximum absolute atomic E-state index is 5.77. The molecule has 0 aliphatic carbocycles. The quantitative estimate of drug-likeness (QED) is 0.419. The molecule has 0 amide bonds. The Morgan fingerprint density at radius 3 is 2.08 bits per heavy atom. The summed E-state index contributed by atoms with van der Waals surface area (Å²) in [6.07, 6.45) is 4.67. The summed E-state index contributed by atoms with van der Waals surface area (Å²) in [5.74, 6) is 0. The van der Waals surface area contributed by atoms with Gasteiger partial charge >= 0.3 is 0 Å². The molecule has 1 heteroatoms. The first-order valence-electron chi connectivity index (χ1n) is 9.18. The smallest absolute Gasteiger partial charge is 0.0716 e. The van der Waals surface area contributed by atoms with Crippen molar-refractivity contribution in [3.05, 3.63) is 96.1 Å². The third-order valence-corrected chi connectivity index (χ3v) is 4.45. The highest BCUT2D eigenvalue weighted by atomic mass is 16.5. The lowest BCUT2D eigenvalue weighted by atomic mass is 9.96. The van der Waals surface area contributed by atoms with Gasteiger partial charge in [0.15, 0.2) is 0 Å². The fourth-order valence-corrected chi connectivity index (χ4v) is 3.10. The van der Waals surface area contributed by atoms with Crippen LogP contribution in [0.2, 0.25) is 0 Å². The Morgan fingerprint density at radius 1 is 0.600 bits per heavy atom. The van der Waals surface area contributed by atoms with Crippen molar-refractivity contribution < 1.29 is 4.74 Å². The molecule has 3 rings (SSSR count). The third-order valence-electron chi connectivity index (χ3n) is 4.45. The van der Waals surface area contributed by atoms with E-state index in [0.717, 1.165) is 26.1 Å². The van der Waals surface area contributed by atoms with Gasteiger partial charge in [-0.25, -0.2) is 0 Å². The van der Waals surface area contributed by atoms with Crippen LogP contribution in [0.3, 0.4) is 0 Å². The van der Waals surface area contributed by atoms with Gasteiger partial charge in [-0.3, -0.25) is 0 Å². The van der Waals surface area contributed by atoms with Gasteiger partial charge in [-0.1, -0.05) is 91.3 Å². The van der Waals surface area contributed by atoms with Crippen molar-refractivity contribution in [2.45, 2.75) is 32.3 Å². The van der Waals surface area contributed by atoms with E-state index in [-0.39, 0.29) is 0 Å². The van der Waals surface area contributed by atoms with Crippen LogP contribution in [-0.2, 0) is 17.8 Å². The van der Waals surface area contributed by atoms with Crippen LogP contribution >= 0.6 is 0 Å². The number of hydrogen-bond donors (Lipinski definition) is 0. The zero-order chi connectivity index (χ0) is 17.2. The van der Waals surface area contributed by atoms with Crippen molar-refractivity contribution >= 4 is 0 Å². The minimum atomic E-state index is 0.720. The van der Waals surface area contributed by atoms with Crippen LogP contribution in [0.4, 0.5) is 0 Å². The number of ether oxygens (including phenoxy) is 1. The van der Waals surface area contributed by atoms with E-state index >= 15 is 0 Å². The predicted octanol–water partition coefficient (Wildman–Crippen LogP) is 6.28. The Bertz CT molecular complexity index is 734. The SMILES string of the molecule is c1ccc(COCCCCCc2ccccc2-c2ccccc2)cc1. The molecule has 0 atom stereocenters. The Labute approximate surface area is 151 Å². The largest absolute Gasteiger partial charge is 0.377 e. The molecule has 25 heavy (non-hydrogen) atoms. The first-order chi connectivity index (χ1) is 12.4. The molecule has 1 nitrogen and oxygen atoms in total. The third kappa shape index (κ3) is 5.58. The Kier molecular flexibility index (Phi) is 6.84. The summed E-state index contributed by atoms with van der Waals surface area (Å²) in [5, 5.41) is 0. The van der Waals surface area contributed by atoms with Gasteiger partial charge in [0, 0.05) is 6.61 Å². The molecule has 128 valence electrons. The molecule has 0 heterocycles. The van der Waals surface area contributed by atoms with Crippen LogP contribution in [-0.4, -0.2) is 6.61 Å². The summed E-state index contributed by atoms with van der Waals surface area (Å²) < 4.78 is 5.77. The van der Waals surface area contributed by atoms with Gasteiger partial charge in [0.2, 0.25) is 0 Å². The highest BCUT2D eigenvalue weighted by molar-refractivity contribution is 5.67. The van der Waals surface area contributed by atoms with E-state index in [1.807, 2.05) is 6.07 Å². The average Bonchev–Trinajstić information content (AvgIpc) is 2.69. The number of benzene rings is 3. The fraction of sp³-hybridized carbons (Fsp3) is 0.250. The summed E-state index contributed by atoms with van der Waals surface area (Å²) in [6, 6.07) is 29.8. The highest BCUT2D eigenvalue weighted by Gasteiger charge is 2.03. The number of unbranched alkanes of at least 4 members (excludes halogenated alkanes) is 2. The van der Waals surface area contributed by atoms with Crippen molar-refractivity contribution in [1.29, 1.82) is 0 Å². The van der Waals surface area contributed by atoms with Crippen molar-refractivity contribution in [2.75, 3.05) is 6.61 Å². The molecule has 0 N–H and O–H groups in total. The van der Waals surface area contributed by atoms with Crippen LogP contribution in [0, 0.1) is 0 Å². The molecule has 0 saturated carbocycles. The molecular weight excluding hydrogens is 304 g/mol. The Morgan fingerprint density at radius 2 is 1.28 bits per heavy atom. The normalized spacial score (nSPS) is 10.7. The molecule has 0 saturated heterocycles. The van der Waals surface area contributed by atoms with E-state index in [2.05, 4.69) is 78.9 Å². The van der Waals surface area contributed by atoms with E-state index in [1.165, 1.54) is 35.1 Å². The number of hydrogen-bond acceptors (Lipinski definition) is 1. The van der Waals surface area contributed by atoms with Crippen molar-refractivity contribution in [3.8, 4) is 11.1 Å². The molecule has 0 aliphatic rings. The van der Waals surface area contributed by atoms with Crippen LogP contribution in [0.15, 0.2) is 84.9 Å². The summed E-state index contributed by atoms with van der Waals surface area (Å²) >= 11 is 0. The minimum Gasteiger partial charge on any atom is -0.377 e. The second kappa shape index (κ2) is 9.80. The monoisotopic (exact) mass is 330 g/mol. The van der Waals surface area contributed by atoms with Gasteiger partial charge < -0.3 is 4.74 Å². The number of aryl methyl sites for hydroxylation is 1. The van der Waals surface area contributed by atoms with Crippen LogP contribution in [0.1, 0.15) is 30.4 Å². The molecule has 3 aromatic carbocycles. The lowest BCUT2D eigenvalue weighted by Gasteiger charge is -2.10. The molecule has 0 spiro atoms. The first-order valence-corrected chi connectivity index (χ1v) is 9.18. The number of rotatable bonds is 9. The van der Waals surface area contributed by atoms with E-state index in [1.54, 1.807) is 0 Å². The summed E-state index contributed by atoms with van der Waals surface area (Å²) in [4.78, 5) is 0. The van der Waals surface area contributed by atoms with Crippen LogP contribution < -0.4 is 0 Å². The van der Waals surface area contributed by atoms with Crippen LogP contribution in [0.5, 0.6) is 0 Å². The second-order valence-electron chi connectivity index (χ2n) is 6.37. The lowest BCUT2D eigenvalue weighted by Crippen LogP contribution is -1.96. The van der Waals surface area contributed by atoms with Crippen LogP contribution in [0.25, 0.3) is 11.1 Å². The predicted molar refractivity (Wildman–Crippen MR) is 106 cm³/mol. The van der Waals surface area contributed by atoms with Gasteiger partial charge in [-0.05, 0) is 41.5 Å². The van der Waals surface area contributed by atoms with E-state index < -0.39 is 0 Å². The molecule has 0 aromatic heterocycles. The molecule has 0 fully saturated rings. The van der Waals surface area contributed by atoms with Gasteiger partial charge in [-0.2, -0.15) is 0 Å². The van der Waals surface area contributed by atoms with Crippen molar-refractivity contribution in [2.24, 2.45) is 0 Å². The maximum Gasteiger partial charge on any atom is 0.0716 e. The maximum atomic E-state index is 5.77. The summed E-state index contributed by atoms with van der Waals surface area (Å²) in [6.45, 7) is 1.56. The van der Waals surface area contributed by atoms with Crippen molar-refractivity contribution in [3.63, 3.8) is 0 Å². The van der Waals surface area contributed by atoms with Gasteiger partial charge in [-0.15, -0.1) is 0 Å². The summed E-state index contributed by atoms with van der Waals surface area (Å²) in [5.41, 5.74) is 5.37. The van der Waals surface area contributed by atoms with Gasteiger partial charge in [0.05, 0.1) is 6.61 Å². The standard InChI is InChI=1S/C24H26O/c1-4-12-21(13-5-1)20-25-19-11-3-8-16-23-17-9-10-18-24(23)22-14-6-2-7-15-22/h1-2,4-7,9-10,12-15,17-18H,3,8,11,16,19-20H2. The molecule has 0 bridgehead atoms. The van der Waals surface area contributed by atoms with E-state index in [9.17, 15) is 0 Å². The first kappa shape index (κ1) is 17.4. The molecular formula is C24H26O. The van der Waals surface area contributed by atoms with Gasteiger partial charge in [0.25, 0.3) is 0 Å². The molecule has 0 radical (unpaired) electrons. The second-order valence-corrected chi connectivity index (χ2v) is 6.37. The molecule has 0 aliphatic heterocycles. The highest BCUT2D eigenvalue weighted by Crippen LogP contribution is 2.24. The van der Waals surface area contributed by atoms with E-state index in [0.29, 0.717) is 0 Å². The lowest BCUT2D eigenvalue weighted by molar-refractivity contribution is 0.117. The Balaban J connectivity index is 1.40. The van der Waals surface area contributed by atoms with Gasteiger partial charge in [0.1, 0.15) is 0 Å². The van der Waals surface area contributed by atoms with Crippen molar-refractivity contribution in [1.82, 2.24) is 0 Å². The zero-order valence-corrected chi connectivity index (χ0v) is 14.7. The average molecular weight is 330 g/mol. The molecule has 0 unspecified atom stereocenters. The van der Waals surface area contributed by atoms with E-state index in [4.69, 9.17) is 4.74 Å². The Hall–Kier alpha value is -2.38. The fourth-order valence-electron chi connectivity index (χ4n) is 3.10. The molecule has 3 aromatic rings. The minimum absolute atomic E-state index is 0.720. The topological polar surface area (TPSA) is 9.23 Å². The zero-order valence-electron chi connectivity index (χ0n) is 14.7.